The number of alkyl halides is 2. The lowest BCUT2D eigenvalue weighted by molar-refractivity contribution is 0.00761. The van der Waals surface area contributed by atoms with Crippen LogP contribution in [0.25, 0.3) is 0 Å². The summed E-state index contributed by atoms with van der Waals surface area (Å²) in [6, 6.07) is 8.69. The zero-order valence-electron chi connectivity index (χ0n) is 8.53. The Labute approximate surface area is 92.2 Å². The molecule has 0 N–H and O–H groups in total. The topological polar surface area (TPSA) is 42.2 Å². The van der Waals surface area contributed by atoms with Crippen molar-refractivity contribution in [1.29, 1.82) is 5.26 Å². The van der Waals surface area contributed by atoms with Crippen molar-refractivity contribution >= 4 is 0 Å². The van der Waals surface area contributed by atoms with E-state index >= 15 is 0 Å². The van der Waals surface area contributed by atoms with Gasteiger partial charge in [0.25, 0.3) is 6.43 Å². The fourth-order valence-corrected chi connectivity index (χ4v) is 1.07. The Morgan fingerprint density at radius 1 is 1.25 bits per heavy atom. The zero-order valence-corrected chi connectivity index (χ0v) is 8.53. The van der Waals surface area contributed by atoms with E-state index in [1.54, 1.807) is 24.3 Å². The van der Waals surface area contributed by atoms with E-state index in [2.05, 4.69) is 4.74 Å². The van der Waals surface area contributed by atoms with Crippen molar-refractivity contribution in [3.8, 4) is 11.8 Å². The van der Waals surface area contributed by atoms with Crippen LogP contribution in [-0.4, -0.2) is 26.2 Å². The molecule has 0 fully saturated rings. The van der Waals surface area contributed by atoms with Gasteiger partial charge in [-0.05, 0) is 12.1 Å². The number of benzene rings is 1. The predicted molar refractivity (Wildman–Crippen MR) is 53.5 cm³/mol. The summed E-state index contributed by atoms with van der Waals surface area (Å²) in [6.45, 7) is -0.376. The lowest BCUT2D eigenvalue weighted by Crippen LogP contribution is -2.11. The number of hydrogen-bond donors (Lipinski definition) is 0. The maximum atomic E-state index is 11.7. The smallest absolute Gasteiger partial charge is 0.261 e. The van der Waals surface area contributed by atoms with Crippen LogP contribution in [0.5, 0.6) is 5.75 Å². The van der Waals surface area contributed by atoms with Gasteiger partial charge >= 0.3 is 0 Å². The third-order valence-corrected chi connectivity index (χ3v) is 1.74. The summed E-state index contributed by atoms with van der Waals surface area (Å²) >= 11 is 0. The molecule has 3 nitrogen and oxygen atoms in total. The van der Waals surface area contributed by atoms with Crippen molar-refractivity contribution in [2.45, 2.75) is 6.43 Å². The Kier molecular flexibility index (Phi) is 5.23. The highest BCUT2D eigenvalue weighted by molar-refractivity contribution is 5.42. The quantitative estimate of drug-likeness (QED) is 0.700. The SMILES string of the molecule is N#Cc1ccccc1OCCOCC(F)F. The van der Waals surface area contributed by atoms with Crippen molar-refractivity contribution < 1.29 is 18.3 Å². The number of nitriles is 1. The highest BCUT2D eigenvalue weighted by Gasteiger charge is 2.03. The Balaban J connectivity index is 2.30. The second-order valence-electron chi connectivity index (χ2n) is 2.92. The van der Waals surface area contributed by atoms with Crippen LogP contribution in [0.2, 0.25) is 0 Å². The molecule has 1 aromatic carbocycles. The number of ether oxygens (including phenoxy) is 2. The van der Waals surface area contributed by atoms with Crippen LogP contribution < -0.4 is 4.74 Å². The molecule has 0 unspecified atom stereocenters. The molecule has 0 aliphatic carbocycles. The number of hydrogen-bond acceptors (Lipinski definition) is 3. The van der Waals surface area contributed by atoms with Gasteiger partial charge in [-0.2, -0.15) is 5.26 Å². The molecule has 0 spiro atoms. The van der Waals surface area contributed by atoms with Crippen molar-refractivity contribution in [1.82, 2.24) is 0 Å². The summed E-state index contributed by atoms with van der Waals surface area (Å²) in [4.78, 5) is 0. The number of nitrogens with zero attached hydrogens (tertiary/aromatic N) is 1. The number of para-hydroxylation sites is 1. The molecule has 0 radical (unpaired) electrons. The average molecular weight is 227 g/mol. The maximum absolute atomic E-state index is 11.7. The minimum Gasteiger partial charge on any atom is -0.490 e. The fourth-order valence-electron chi connectivity index (χ4n) is 1.07. The Bertz CT molecular complexity index is 363. The van der Waals surface area contributed by atoms with Gasteiger partial charge < -0.3 is 9.47 Å². The molecule has 16 heavy (non-hydrogen) atoms. The molecular weight excluding hydrogens is 216 g/mol. The van der Waals surface area contributed by atoms with Gasteiger partial charge in [0.1, 0.15) is 25.0 Å². The molecule has 0 heterocycles. The van der Waals surface area contributed by atoms with Crippen LogP contribution >= 0.6 is 0 Å². The van der Waals surface area contributed by atoms with Gasteiger partial charge in [0.15, 0.2) is 0 Å². The average Bonchev–Trinajstić information content (AvgIpc) is 2.29. The first-order valence-corrected chi connectivity index (χ1v) is 4.72. The first-order chi connectivity index (χ1) is 7.74. The minimum absolute atomic E-state index is 0.0735. The Morgan fingerprint density at radius 3 is 2.69 bits per heavy atom. The lowest BCUT2D eigenvalue weighted by atomic mass is 10.2. The molecule has 0 amide bonds. The summed E-state index contributed by atoms with van der Waals surface area (Å²) in [7, 11) is 0. The highest BCUT2D eigenvalue weighted by Crippen LogP contribution is 2.16. The molecule has 0 aliphatic heterocycles. The van der Waals surface area contributed by atoms with E-state index in [0.717, 1.165) is 0 Å². The molecule has 0 atom stereocenters. The molecule has 0 bridgehead atoms. The fraction of sp³-hybridized carbons (Fsp3) is 0.364. The second kappa shape index (κ2) is 6.75. The zero-order chi connectivity index (χ0) is 11.8. The van der Waals surface area contributed by atoms with E-state index in [1.165, 1.54) is 0 Å². The molecule has 1 aromatic rings. The van der Waals surface area contributed by atoms with Gasteiger partial charge in [-0.1, -0.05) is 12.1 Å². The predicted octanol–water partition coefficient (Wildman–Crippen LogP) is 2.22. The second-order valence-corrected chi connectivity index (χ2v) is 2.92. The van der Waals surface area contributed by atoms with Gasteiger partial charge in [-0.25, -0.2) is 8.78 Å². The molecule has 86 valence electrons. The third-order valence-electron chi connectivity index (χ3n) is 1.74. The maximum Gasteiger partial charge on any atom is 0.261 e. The van der Waals surface area contributed by atoms with E-state index in [1.807, 2.05) is 6.07 Å². The van der Waals surface area contributed by atoms with Gasteiger partial charge in [0, 0.05) is 0 Å². The van der Waals surface area contributed by atoms with Crippen LogP contribution in [0.1, 0.15) is 5.56 Å². The molecule has 5 heteroatoms. The van der Waals surface area contributed by atoms with Crippen LogP contribution in [0.4, 0.5) is 8.78 Å². The summed E-state index contributed by atoms with van der Waals surface area (Å²) in [6.07, 6.45) is -2.47. The molecular formula is C11H11F2NO2. The number of rotatable bonds is 6. The van der Waals surface area contributed by atoms with Gasteiger partial charge in [0.05, 0.1) is 12.2 Å². The van der Waals surface area contributed by atoms with Gasteiger partial charge in [-0.3, -0.25) is 0 Å². The van der Waals surface area contributed by atoms with Crippen LogP contribution in [-0.2, 0) is 4.74 Å². The van der Waals surface area contributed by atoms with E-state index in [0.29, 0.717) is 11.3 Å². The van der Waals surface area contributed by atoms with E-state index in [4.69, 9.17) is 10.00 Å². The van der Waals surface area contributed by atoms with Crippen LogP contribution in [0.3, 0.4) is 0 Å². The van der Waals surface area contributed by atoms with Crippen molar-refractivity contribution in [3.05, 3.63) is 29.8 Å². The minimum atomic E-state index is -2.47. The molecule has 0 aromatic heterocycles. The van der Waals surface area contributed by atoms with Crippen molar-refractivity contribution in [3.63, 3.8) is 0 Å². The first-order valence-electron chi connectivity index (χ1n) is 4.72. The third kappa shape index (κ3) is 4.24. The van der Waals surface area contributed by atoms with Crippen molar-refractivity contribution in [2.75, 3.05) is 19.8 Å². The largest absolute Gasteiger partial charge is 0.490 e. The van der Waals surface area contributed by atoms with Crippen LogP contribution in [0.15, 0.2) is 24.3 Å². The highest BCUT2D eigenvalue weighted by atomic mass is 19.3. The normalized spacial score (nSPS) is 10.1. The lowest BCUT2D eigenvalue weighted by Gasteiger charge is -2.07. The molecule has 0 saturated heterocycles. The van der Waals surface area contributed by atoms with E-state index in [9.17, 15) is 8.78 Å². The summed E-state index contributed by atoms with van der Waals surface area (Å²) < 4.78 is 33.2. The van der Waals surface area contributed by atoms with Crippen molar-refractivity contribution in [2.24, 2.45) is 0 Å². The monoisotopic (exact) mass is 227 g/mol. The van der Waals surface area contributed by atoms with Gasteiger partial charge in [-0.15, -0.1) is 0 Å². The first kappa shape index (κ1) is 12.4. The molecule has 0 saturated carbocycles. The summed E-state index contributed by atoms with van der Waals surface area (Å²) in [5.41, 5.74) is 0.413. The summed E-state index contributed by atoms with van der Waals surface area (Å²) in [5.74, 6) is 0.436. The Morgan fingerprint density at radius 2 is 2.00 bits per heavy atom. The number of halogens is 2. The molecule has 1 rings (SSSR count). The summed E-state index contributed by atoms with van der Waals surface area (Å²) in [5, 5.41) is 8.73. The standard InChI is InChI=1S/C11H11F2NO2/c12-11(13)8-15-5-6-16-10-4-2-1-3-9(10)7-14/h1-4,11H,5-6,8H2. The van der Waals surface area contributed by atoms with Gasteiger partial charge in [0.2, 0.25) is 0 Å². The molecule has 0 aliphatic rings. The van der Waals surface area contributed by atoms with E-state index < -0.39 is 13.0 Å². The van der Waals surface area contributed by atoms with Crippen LogP contribution in [0, 0.1) is 11.3 Å². The Hall–Kier alpha value is -1.67. The van der Waals surface area contributed by atoms with E-state index in [-0.39, 0.29) is 13.2 Å².